The number of benzene rings is 2. The molecule has 0 saturated heterocycles. The van der Waals surface area contributed by atoms with Gasteiger partial charge in [0.15, 0.2) is 5.69 Å². The van der Waals surface area contributed by atoms with Crippen molar-refractivity contribution in [1.82, 2.24) is 10.2 Å². The van der Waals surface area contributed by atoms with Gasteiger partial charge in [0.25, 0.3) is 5.91 Å². The van der Waals surface area contributed by atoms with E-state index in [0.29, 0.717) is 5.69 Å². The number of aromatic nitrogens is 2. The third kappa shape index (κ3) is 2.45. The number of para-hydroxylation sites is 1. The molecule has 4 rings (SSSR count). The third-order valence-electron chi connectivity index (χ3n) is 4.79. The van der Waals surface area contributed by atoms with Gasteiger partial charge in [-0.25, -0.2) is 0 Å². The summed E-state index contributed by atoms with van der Waals surface area (Å²) < 4.78 is 0. The van der Waals surface area contributed by atoms with Crippen LogP contribution in [0.5, 0.6) is 0 Å². The number of rotatable bonds is 3. The van der Waals surface area contributed by atoms with Crippen molar-refractivity contribution in [3.63, 3.8) is 0 Å². The van der Waals surface area contributed by atoms with Gasteiger partial charge in [-0.3, -0.25) is 14.8 Å². The molecule has 0 bridgehead atoms. The van der Waals surface area contributed by atoms with E-state index in [0.717, 1.165) is 22.5 Å². The highest BCUT2D eigenvalue weighted by Crippen LogP contribution is 2.43. The zero-order valence-corrected chi connectivity index (χ0v) is 14.7. The van der Waals surface area contributed by atoms with Crippen LogP contribution in [0.1, 0.15) is 58.7 Å². The molecule has 0 saturated carbocycles. The summed E-state index contributed by atoms with van der Waals surface area (Å²) in [5, 5.41) is 7.44. The molecule has 0 fully saturated rings. The van der Waals surface area contributed by atoms with Gasteiger partial charge in [0, 0.05) is 16.9 Å². The minimum atomic E-state index is -0.151. The number of anilines is 1. The second kappa shape index (κ2) is 5.88. The minimum Gasteiger partial charge on any atom is -0.295 e. The lowest BCUT2D eigenvalue weighted by atomic mass is 9.94. The maximum Gasteiger partial charge on any atom is 0.280 e. The number of amides is 1. The van der Waals surface area contributed by atoms with Gasteiger partial charge in [0.2, 0.25) is 0 Å². The Labute approximate surface area is 147 Å². The SMILES string of the molecule is Cc1ccc(C2c3c(n[nH]c3C(C)C)C(=O)N2c2ccccc2)cc1. The molecule has 0 radical (unpaired) electrons. The molecule has 126 valence electrons. The number of carbonyl (C=O) groups excluding carboxylic acids is 1. The summed E-state index contributed by atoms with van der Waals surface area (Å²) in [5.41, 5.74) is 5.78. The van der Waals surface area contributed by atoms with Crippen molar-refractivity contribution in [2.75, 3.05) is 4.90 Å². The fourth-order valence-corrected chi connectivity index (χ4v) is 3.52. The molecule has 2 aromatic carbocycles. The van der Waals surface area contributed by atoms with Gasteiger partial charge < -0.3 is 0 Å². The standard InChI is InChI=1S/C21H21N3O/c1-13(2)18-17-19(23-22-18)21(25)24(16-7-5-4-6-8-16)20(17)15-11-9-14(3)10-12-15/h4-13,20H,1-3H3,(H,22,23). The second-order valence-electron chi connectivity index (χ2n) is 6.88. The van der Waals surface area contributed by atoms with Gasteiger partial charge in [-0.1, -0.05) is 61.9 Å². The quantitative estimate of drug-likeness (QED) is 0.763. The molecule has 2 heterocycles. The summed E-state index contributed by atoms with van der Waals surface area (Å²) in [6, 6.07) is 18.1. The number of hydrogen-bond acceptors (Lipinski definition) is 2. The van der Waals surface area contributed by atoms with Gasteiger partial charge >= 0.3 is 0 Å². The van der Waals surface area contributed by atoms with Crippen molar-refractivity contribution in [2.24, 2.45) is 0 Å². The Hall–Kier alpha value is -2.88. The van der Waals surface area contributed by atoms with E-state index in [2.05, 4.69) is 55.2 Å². The monoisotopic (exact) mass is 331 g/mol. The van der Waals surface area contributed by atoms with E-state index < -0.39 is 0 Å². The topological polar surface area (TPSA) is 49.0 Å². The van der Waals surface area contributed by atoms with Crippen LogP contribution >= 0.6 is 0 Å². The molecule has 0 spiro atoms. The molecular formula is C21H21N3O. The number of nitrogens with zero attached hydrogens (tertiary/aromatic N) is 2. The number of hydrogen-bond donors (Lipinski definition) is 1. The largest absolute Gasteiger partial charge is 0.295 e. The molecule has 25 heavy (non-hydrogen) atoms. The Morgan fingerprint density at radius 3 is 2.36 bits per heavy atom. The molecule has 1 aliphatic rings. The van der Waals surface area contributed by atoms with Crippen molar-refractivity contribution >= 4 is 11.6 Å². The van der Waals surface area contributed by atoms with Crippen LogP contribution in [0.2, 0.25) is 0 Å². The van der Waals surface area contributed by atoms with E-state index in [4.69, 9.17) is 0 Å². The van der Waals surface area contributed by atoms with Crippen molar-refractivity contribution < 1.29 is 4.79 Å². The lowest BCUT2D eigenvalue weighted by molar-refractivity contribution is 0.0988. The first-order valence-electron chi connectivity index (χ1n) is 8.61. The Balaban J connectivity index is 1.93. The Morgan fingerprint density at radius 1 is 1.04 bits per heavy atom. The number of nitrogens with one attached hydrogen (secondary N) is 1. The van der Waals surface area contributed by atoms with Crippen molar-refractivity contribution in [3.8, 4) is 0 Å². The summed E-state index contributed by atoms with van der Waals surface area (Å²) in [5.74, 6) is 0.225. The first-order valence-corrected chi connectivity index (χ1v) is 8.61. The van der Waals surface area contributed by atoms with Gasteiger partial charge in [-0.05, 0) is 30.5 Å². The Bertz CT molecular complexity index is 910. The molecule has 4 heteroatoms. The van der Waals surface area contributed by atoms with Crippen molar-refractivity contribution in [3.05, 3.63) is 82.7 Å². The van der Waals surface area contributed by atoms with E-state index >= 15 is 0 Å². The summed E-state index contributed by atoms with van der Waals surface area (Å²) >= 11 is 0. The minimum absolute atomic E-state index is 0.0464. The number of fused-ring (bicyclic) bond motifs is 1. The smallest absolute Gasteiger partial charge is 0.280 e. The van der Waals surface area contributed by atoms with Crippen LogP contribution in [-0.4, -0.2) is 16.1 Å². The summed E-state index contributed by atoms with van der Waals surface area (Å²) in [6.07, 6.45) is 0. The molecule has 1 aromatic heterocycles. The summed E-state index contributed by atoms with van der Waals surface area (Å²) in [7, 11) is 0. The molecule has 1 unspecified atom stereocenters. The highest BCUT2D eigenvalue weighted by Gasteiger charge is 2.43. The normalized spacial score (nSPS) is 16.6. The van der Waals surface area contributed by atoms with Crippen LogP contribution in [0.15, 0.2) is 54.6 Å². The van der Waals surface area contributed by atoms with Crippen molar-refractivity contribution in [2.45, 2.75) is 32.7 Å². The Morgan fingerprint density at radius 2 is 1.72 bits per heavy atom. The van der Waals surface area contributed by atoms with Crippen molar-refractivity contribution in [1.29, 1.82) is 0 Å². The molecule has 1 N–H and O–H groups in total. The van der Waals surface area contributed by atoms with Gasteiger partial charge in [-0.2, -0.15) is 5.10 Å². The Kier molecular flexibility index (Phi) is 3.68. The molecule has 1 aliphatic heterocycles. The average molecular weight is 331 g/mol. The first kappa shape index (κ1) is 15.6. The van der Waals surface area contributed by atoms with Crippen LogP contribution < -0.4 is 4.90 Å². The average Bonchev–Trinajstić information content (AvgIpc) is 3.16. The zero-order valence-electron chi connectivity index (χ0n) is 14.7. The maximum atomic E-state index is 13.1. The zero-order chi connectivity index (χ0) is 17.6. The lowest BCUT2D eigenvalue weighted by Gasteiger charge is -2.27. The molecule has 1 atom stereocenters. The second-order valence-corrected chi connectivity index (χ2v) is 6.88. The number of carbonyl (C=O) groups is 1. The van der Waals surface area contributed by atoms with Crippen LogP contribution in [0.25, 0.3) is 0 Å². The summed E-state index contributed by atoms with van der Waals surface area (Å²) in [4.78, 5) is 15.0. The molecular weight excluding hydrogens is 310 g/mol. The maximum absolute atomic E-state index is 13.1. The molecule has 0 aliphatic carbocycles. The first-order chi connectivity index (χ1) is 12.1. The fraction of sp³-hybridized carbons (Fsp3) is 0.238. The van der Waals surface area contributed by atoms with Crippen LogP contribution in [0.3, 0.4) is 0 Å². The summed E-state index contributed by atoms with van der Waals surface area (Å²) in [6.45, 7) is 6.31. The number of H-pyrrole nitrogens is 1. The highest BCUT2D eigenvalue weighted by atomic mass is 16.2. The van der Waals surface area contributed by atoms with Gasteiger partial charge in [-0.15, -0.1) is 0 Å². The van der Waals surface area contributed by atoms with E-state index in [-0.39, 0.29) is 17.9 Å². The molecule has 1 amide bonds. The molecule has 4 nitrogen and oxygen atoms in total. The van der Waals surface area contributed by atoms with E-state index in [9.17, 15) is 4.79 Å². The van der Waals surface area contributed by atoms with Gasteiger partial charge in [0.05, 0.1) is 6.04 Å². The van der Waals surface area contributed by atoms with Crippen LogP contribution in [0.4, 0.5) is 5.69 Å². The number of aromatic amines is 1. The fourth-order valence-electron chi connectivity index (χ4n) is 3.52. The lowest BCUT2D eigenvalue weighted by Crippen LogP contribution is -2.29. The van der Waals surface area contributed by atoms with Crippen LogP contribution in [0, 0.1) is 6.92 Å². The van der Waals surface area contributed by atoms with E-state index in [1.165, 1.54) is 5.56 Å². The predicted molar refractivity (Wildman–Crippen MR) is 99.0 cm³/mol. The number of aryl methyl sites for hydroxylation is 1. The van der Waals surface area contributed by atoms with Gasteiger partial charge in [0.1, 0.15) is 0 Å². The van der Waals surface area contributed by atoms with Crippen LogP contribution in [-0.2, 0) is 0 Å². The molecule has 3 aromatic rings. The highest BCUT2D eigenvalue weighted by molar-refractivity contribution is 6.10. The van der Waals surface area contributed by atoms with E-state index in [1.54, 1.807) is 0 Å². The third-order valence-corrected chi connectivity index (χ3v) is 4.79. The predicted octanol–water partition coefficient (Wildman–Crippen LogP) is 4.59. The van der Waals surface area contributed by atoms with E-state index in [1.807, 2.05) is 35.2 Å².